The van der Waals surface area contributed by atoms with Crippen molar-refractivity contribution in [2.75, 3.05) is 10.8 Å². The second kappa shape index (κ2) is 4.91. The number of nitrogens with one attached hydrogen (secondary N) is 1. The second-order valence-corrected chi connectivity index (χ2v) is 8.22. The van der Waals surface area contributed by atoms with Crippen molar-refractivity contribution in [2.24, 2.45) is 0 Å². The minimum Gasteiger partial charge on any atom is -0.327 e. The molecule has 1 N–H and O–H groups in total. The van der Waals surface area contributed by atoms with Crippen LogP contribution in [0.15, 0.2) is 33.4 Å². The van der Waals surface area contributed by atoms with Gasteiger partial charge in [-0.25, -0.2) is 8.42 Å². The van der Waals surface area contributed by atoms with Crippen molar-refractivity contribution in [3.8, 4) is 0 Å². The Morgan fingerprint density at radius 3 is 2.80 bits per heavy atom. The molecule has 0 unspecified atom stereocenters. The molecule has 1 aliphatic rings. The molecule has 2 aromatic rings. The molecule has 0 aromatic carbocycles. The van der Waals surface area contributed by atoms with Crippen LogP contribution in [-0.4, -0.2) is 19.9 Å². The summed E-state index contributed by atoms with van der Waals surface area (Å²) in [6.45, 7) is 0.304. The van der Waals surface area contributed by atoms with E-state index in [4.69, 9.17) is 11.6 Å². The van der Waals surface area contributed by atoms with E-state index >= 15 is 0 Å². The lowest BCUT2D eigenvalue weighted by molar-refractivity contribution is 0.588. The van der Waals surface area contributed by atoms with Gasteiger partial charge in [0.2, 0.25) is 0 Å². The smallest absolute Gasteiger partial charge is 0.274 e. The summed E-state index contributed by atoms with van der Waals surface area (Å²) in [5.74, 6) is 0. The highest BCUT2D eigenvalue weighted by atomic mass is 35.5. The summed E-state index contributed by atoms with van der Waals surface area (Å²) in [6, 6.07) is 4.76. The van der Waals surface area contributed by atoms with E-state index in [2.05, 4.69) is 4.98 Å². The van der Waals surface area contributed by atoms with Crippen LogP contribution in [0.25, 0.3) is 0 Å². The zero-order chi connectivity index (χ0) is 14.3. The van der Waals surface area contributed by atoms with Gasteiger partial charge in [-0.2, -0.15) is 0 Å². The molecule has 0 saturated carbocycles. The Morgan fingerprint density at radius 2 is 2.10 bits per heavy atom. The maximum atomic E-state index is 12.6. The van der Waals surface area contributed by atoms with Gasteiger partial charge in [-0.1, -0.05) is 11.6 Å². The Labute approximate surface area is 124 Å². The Hall–Kier alpha value is -1.31. The SMILES string of the molecule is O=c1[nH]ccc2c1N(S(=O)(=O)c1ccc(Cl)s1)CCC2. The van der Waals surface area contributed by atoms with Gasteiger partial charge in [0, 0.05) is 12.7 Å². The predicted molar refractivity (Wildman–Crippen MR) is 79.2 cm³/mol. The number of anilines is 1. The summed E-state index contributed by atoms with van der Waals surface area (Å²) >= 11 is 6.80. The van der Waals surface area contributed by atoms with Gasteiger partial charge in [0.1, 0.15) is 9.90 Å². The summed E-state index contributed by atoms with van der Waals surface area (Å²) in [6.07, 6.45) is 2.94. The van der Waals surface area contributed by atoms with Gasteiger partial charge in [0.25, 0.3) is 15.6 Å². The first kappa shape index (κ1) is 13.7. The molecule has 106 valence electrons. The number of nitrogens with zero attached hydrogens (tertiary/aromatic N) is 1. The van der Waals surface area contributed by atoms with Crippen molar-refractivity contribution >= 4 is 38.6 Å². The molecule has 2 aromatic heterocycles. The highest BCUT2D eigenvalue weighted by Gasteiger charge is 2.32. The number of H-pyrrole nitrogens is 1. The number of aryl methyl sites for hydroxylation is 1. The molecule has 0 bridgehead atoms. The predicted octanol–water partition coefficient (Wildman–Crippen LogP) is 2.23. The Morgan fingerprint density at radius 1 is 1.30 bits per heavy atom. The highest BCUT2D eigenvalue weighted by molar-refractivity contribution is 7.94. The molecular formula is C12H11ClN2O3S2. The molecule has 3 rings (SSSR count). The molecule has 1 aliphatic heterocycles. The third-order valence-corrected chi connectivity index (χ3v) is 6.67. The maximum Gasteiger partial charge on any atom is 0.274 e. The van der Waals surface area contributed by atoms with E-state index in [9.17, 15) is 13.2 Å². The van der Waals surface area contributed by atoms with Gasteiger partial charge in [0.05, 0.1) is 4.34 Å². The Bertz CT molecular complexity index is 810. The summed E-state index contributed by atoms with van der Waals surface area (Å²) in [4.78, 5) is 14.5. The average molecular weight is 331 g/mol. The van der Waals surface area contributed by atoms with Crippen molar-refractivity contribution in [2.45, 2.75) is 17.1 Å². The molecule has 0 atom stereocenters. The standard InChI is InChI=1S/C12H11ClN2O3S2/c13-9-3-4-10(19-9)20(17,18)15-7-1-2-8-5-6-14-12(16)11(8)15/h3-6H,1-2,7H2,(H,14,16). The largest absolute Gasteiger partial charge is 0.327 e. The van der Waals surface area contributed by atoms with Crippen LogP contribution in [0.1, 0.15) is 12.0 Å². The molecule has 3 heterocycles. The van der Waals surface area contributed by atoms with Crippen LogP contribution in [0.2, 0.25) is 4.34 Å². The summed E-state index contributed by atoms with van der Waals surface area (Å²) in [5.41, 5.74) is 0.600. The fourth-order valence-corrected chi connectivity index (χ4v) is 5.44. The number of rotatable bonds is 2. The summed E-state index contributed by atoms with van der Waals surface area (Å²) in [7, 11) is -3.73. The Kier molecular flexibility index (Phi) is 3.35. The van der Waals surface area contributed by atoms with Crippen LogP contribution in [-0.2, 0) is 16.4 Å². The topological polar surface area (TPSA) is 70.2 Å². The second-order valence-electron chi connectivity index (χ2n) is 4.42. The molecule has 0 spiro atoms. The molecule has 20 heavy (non-hydrogen) atoms. The zero-order valence-electron chi connectivity index (χ0n) is 10.3. The Balaban J connectivity index is 2.16. The van der Waals surface area contributed by atoms with E-state index in [0.717, 1.165) is 16.9 Å². The fraction of sp³-hybridized carbons (Fsp3) is 0.250. The van der Waals surface area contributed by atoms with Gasteiger partial charge in [-0.3, -0.25) is 9.10 Å². The first-order valence-electron chi connectivity index (χ1n) is 5.99. The minimum absolute atomic E-state index is 0.151. The van der Waals surface area contributed by atoms with Crippen molar-refractivity contribution in [3.05, 3.63) is 44.6 Å². The van der Waals surface area contributed by atoms with Gasteiger partial charge in [-0.15, -0.1) is 11.3 Å². The summed E-state index contributed by atoms with van der Waals surface area (Å²) in [5, 5.41) is 0. The average Bonchev–Trinajstić information content (AvgIpc) is 2.86. The quantitative estimate of drug-likeness (QED) is 0.918. The lowest BCUT2D eigenvalue weighted by Crippen LogP contribution is -2.39. The maximum absolute atomic E-state index is 12.6. The molecule has 8 heteroatoms. The van der Waals surface area contributed by atoms with Crippen LogP contribution in [0, 0.1) is 0 Å². The monoisotopic (exact) mass is 330 g/mol. The van der Waals surface area contributed by atoms with Gasteiger partial charge in [-0.05, 0) is 36.6 Å². The van der Waals surface area contributed by atoms with Crippen LogP contribution in [0.4, 0.5) is 5.69 Å². The van der Waals surface area contributed by atoms with E-state index in [0.29, 0.717) is 23.7 Å². The van der Waals surface area contributed by atoms with Crippen LogP contribution >= 0.6 is 22.9 Å². The number of aromatic nitrogens is 1. The number of halogens is 1. The first-order chi connectivity index (χ1) is 9.50. The normalized spacial score (nSPS) is 15.2. The molecule has 0 aliphatic carbocycles. The van der Waals surface area contributed by atoms with Crippen molar-refractivity contribution in [3.63, 3.8) is 0 Å². The van der Waals surface area contributed by atoms with E-state index < -0.39 is 10.0 Å². The van der Waals surface area contributed by atoms with Crippen molar-refractivity contribution < 1.29 is 8.42 Å². The number of aromatic amines is 1. The van der Waals surface area contributed by atoms with Crippen molar-refractivity contribution in [1.29, 1.82) is 0 Å². The molecule has 5 nitrogen and oxygen atoms in total. The third-order valence-electron chi connectivity index (χ3n) is 3.17. The van der Waals surface area contributed by atoms with Gasteiger partial charge < -0.3 is 4.98 Å². The number of thiophene rings is 1. The number of hydrogen-bond donors (Lipinski definition) is 1. The first-order valence-corrected chi connectivity index (χ1v) is 8.62. The zero-order valence-corrected chi connectivity index (χ0v) is 12.7. The van der Waals surface area contributed by atoms with Crippen LogP contribution < -0.4 is 9.86 Å². The van der Waals surface area contributed by atoms with E-state index in [1.165, 1.54) is 10.4 Å². The molecule has 0 fully saturated rings. The number of sulfonamides is 1. The van der Waals surface area contributed by atoms with Crippen LogP contribution in [0.5, 0.6) is 0 Å². The van der Waals surface area contributed by atoms with E-state index in [-0.39, 0.29) is 15.5 Å². The summed E-state index contributed by atoms with van der Waals surface area (Å²) < 4.78 is 27.0. The lowest BCUT2D eigenvalue weighted by atomic mass is 10.1. The third kappa shape index (κ3) is 2.15. The number of hydrogen-bond acceptors (Lipinski definition) is 4. The number of pyridine rings is 1. The fourth-order valence-electron chi connectivity index (χ4n) is 2.30. The van der Waals surface area contributed by atoms with E-state index in [1.807, 2.05) is 0 Å². The van der Waals surface area contributed by atoms with Crippen molar-refractivity contribution in [1.82, 2.24) is 4.98 Å². The van der Waals surface area contributed by atoms with Crippen LogP contribution in [0.3, 0.4) is 0 Å². The van der Waals surface area contributed by atoms with Gasteiger partial charge in [0.15, 0.2) is 0 Å². The van der Waals surface area contributed by atoms with E-state index in [1.54, 1.807) is 18.3 Å². The van der Waals surface area contributed by atoms with Gasteiger partial charge >= 0.3 is 0 Å². The lowest BCUT2D eigenvalue weighted by Gasteiger charge is -2.28. The highest BCUT2D eigenvalue weighted by Crippen LogP contribution is 2.33. The number of fused-ring (bicyclic) bond motifs is 1. The minimum atomic E-state index is -3.73. The molecule has 0 radical (unpaired) electrons. The molecular weight excluding hydrogens is 320 g/mol. The molecule has 0 saturated heterocycles. The molecule has 0 amide bonds.